The second-order valence-corrected chi connectivity index (χ2v) is 6.80. The molecule has 0 saturated carbocycles. The Morgan fingerprint density at radius 2 is 1.93 bits per heavy atom. The molecule has 1 amide bonds. The van der Waals surface area contributed by atoms with E-state index in [-0.39, 0.29) is 30.4 Å². The average Bonchev–Trinajstić information content (AvgIpc) is 3.30. The molecule has 0 spiro atoms. The van der Waals surface area contributed by atoms with Crippen LogP contribution >= 0.6 is 11.6 Å². The number of carbonyl (C=O) groups excluding carboxylic acids is 2. The van der Waals surface area contributed by atoms with Gasteiger partial charge in [-0.25, -0.2) is 0 Å². The standard InChI is InChI=1S/C19H16ClN3O4/c20-14-5-3-12(4-6-14)15(24)7-8-17(25)23-10-13(11-23)19-21-18(22-27-19)16-2-1-9-26-16/h1-6,9,13H,7-8,10-11H2. The lowest BCUT2D eigenvalue weighted by Gasteiger charge is -2.37. The van der Waals surface area contributed by atoms with E-state index in [1.807, 2.05) is 0 Å². The van der Waals surface area contributed by atoms with Gasteiger partial charge >= 0.3 is 0 Å². The highest BCUT2D eigenvalue weighted by molar-refractivity contribution is 6.30. The number of benzene rings is 1. The minimum atomic E-state index is -0.0721. The van der Waals surface area contributed by atoms with E-state index in [0.29, 0.717) is 41.2 Å². The van der Waals surface area contributed by atoms with E-state index in [4.69, 9.17) is 20.5 Å². The zero-order chi connectivity index (χ0) is 18.8. The van der Waals surface area contributed by atoms with E-state index in [2.05, 4.69) is 10.1 Å². The number of Topliss-reactive ketones (excluding diaryl/α,β-unsaturated/α-hetero) is 1. The van der Waals surface area contributed by atoms with E-state index in [1.165, 1.54) is 0 Å². The van der Waals surface area contributed by atoms with E-state index in [0.717, 1.165) is 0 Å². The summed E-state index contributed by atoms with van der Waals surface area (Å²) in [7, 11) is 0. The molecule has 1 aromatic carbocycles. The molecule has 8 heteroatoms. The van der Waals surface area contributed by atoms with Crippen molar-refractivity contribution in [2.75, 3.05) is 13.1 Å². The van der Waals surface area contributed by atoms with Crippen molar-refractivity contribution in [3.05, 3.63) is 59.1 Å². The van der Waals surface area contributed by atoms with Gasteiger partial charge in [0.15, 0.2) is 11.5 Å². The van der Waals surface area contributed by atoms with E-state index in [9.17, 15) is 9.59 Å². The molecule has 27 heavy (non-hydrogen) atoms. The highest BCUT2D eigenvalue weighted by Gasteiger charge is 2.35. The topological polar surface area (TPSA) is 89.4 Å². The van der Waals surface area contributed by atoms with Crippen molar-refractivity contribution in [3.8, 4) is 11.6 Å². The van der Waals surface area contributed by atoms with Gasteiger partial charge in [0.25, 0.3) is 0 Å². The van der Waals surface area contributed by atoms with Crippen LogP contribution in [0, 0.1) is 0 Å². The monoisotopic (exact) mass is 385 g/mol. The van der Waals surface area contributed by atoms with Gasteiger partial charge in [-0.1, -0.05) is 16.8 Å². The summed E-state index contributed by atoms with van der Waals surface area (Å²) < 4.78 is 10.5. The van der Waals surface area contributed by atoms with Crippen molar-refractivity contribution in [1.82, 2.24) is 15.0 Å². The van der Waals surface area contributed by atoms with Crippen molar-refractivity contribution in [1.29, 1.82) is 0 Å². The highest BCUT2D eigenvalue weighted by Crippen LogP contribution is 2.28. The van der Waals surface area contributed by atoms with Gasteiger partial charge in [-0.05, 0) is 36.4 Å². The van der Waals surface area contributed by atoms with E-state index < -0.39 is 0 Å². The third kappa shape index (κ3) is 3.78. The van der Waals surface area contributed by atoms with E-state index in [1.54, 1.807) is 47.6 Å². The van der Waals surface area contributed by atoms with Gasteiger partial charge in [-0.2, -0.15) is 4.98 Å². The Hall–Kier alpha value is -2.93. The molecular weight excluding hydrogens is 370 g/mol. The van der Waals surface area contributed by atoms with Crippen molar-refractivity contribution < 1.29 is 18.5 Å². The first-order chi connectivity index (χ1) is 13.1. The molecule has 1 aliphatic heterocycles. The zero-order valence-corrected chi connectivity index (χ0v) is 15.1. The maximum atomic E-state index is 12.3. The lowest BCUT2D eigenvalue weighted by molar-refractivity contribution is -0.135. The number of amides is 1. The maximum absolute atomic E-state index is 12.3. The molecule has 3 aromatic rings. The molecule has 0 bridgehead atoms. The number of rotatable bonds is 6. The fourth-order valence-electron chi connectivity index (χ4n) is 2.90. The zero-order valence-electron chi connectivity index (χ0n) is 14.3. The number of nitrogens with zero attached hydrogens (tertiary/aromatic N) is 3. The Balaban J connectivity index is 1.26. The van der Waals surface area contributed by atoms with Crippen molar-refractivity contribution in [3.63, 3.8) is 0 Å². The van der Waals surface area contributed by atoms with Gasteiger partial charge in [-0.3, -0.25) is 9.59 Å². The molecule has 0 aliphatic carbocycles. The highest BCUT2D eigenvalue weighted by atomic mass is 35.5. The number of likely N-dealkylation sites (tertiary alicyclic amines) is 1. The van der Waals surface area contributed by atoms with Crippen LogP contribution < -0.4 is 0 Å². The smallest absolute Gasteiger partial charge is 0.238 e. The van der Waals surface area contributed by atoms with Crippen LogP contribution in [0.3, 0.4) is 0 Å². The van der Waals surface area contributed by atoms with Gasteiger partial charge in [0, 0.05) is 36.5 Å². The fraction of sp³-hybridized carbons (Fsp3) is 0.263. The number of halogens is 1. The quantitative estimate of drug-likeness (QED) is 0.602. The Morgan fingerprint density at radius 3 is 2.63 bits per heavy atom. The average molecular weight is 386 g/mol. The van der Waals surface area contributed by atoms with Crippen molar-refractivity contribution in [2.24, 2.45) is 0 Å². The molecule has 0 N–H and O–H groups in total. The number of aromatic nitrogens is 2. The SMILES string of the molecule is O=C(CCC(=O)N1CC(c2nc(-c3ccco3)no2)C1)c1ccc(Cl)cc1. The normalized spacial score (nSPS) is 14.2. The van der Waals surface area contributed by atoms with Crippen molar-refractivity contribution >= 4 is 23.3 Å². The molecule has 7 nitrogen and oxygen atoms in total. The Morgan fingerprint density at radius 1 is 1.15 bits per heavy atom. The maximum Gasteiger partial charge on any atom is 0.238 e. The number of carbonyl (C=O) groups is 2. The van der Waals surface area contributed by atoms with Gasteiger partial charge in [0.1, 0.15) is 0 Å². The molecule has 1 aliphatic rings. The van der Waals surface area contributed by atoms with Gasteiger partial charge in [0.05, 0.1) is 12.2 Å². The minimum Gasteiger partial charge on any atom is -0.461 e. The second-order valence-electron chi connectivity index (χ2n) is 6.36. The number of hydrogen-bond acceptors (Lipinski definition) is 6. The molecule has 0 radical (unpaired) electrons. The number of hydrogen-bond donors (Lipinski definition) is 0. The molecule has 4 rings (SSSR count). The van der Waals surface area contributed by atoms with Crippen LogP contribution in [0.5, 0.6) is 0 Å². The Kier molecular flexibility index (Phi) is 4.77. The first-order valence-corrected chi connectivity index (χ1v) is 8.92. The van der Waals surface area contributed by atoms with Crippen LogP contribution in [0.1, 0.15) is 35.0 Å². The number of ketones is 1. The molecular formula is C19H16ClN3O4. The minimum absolute atomic E-state index is 0.0112. The Bertz CT molecular complexity index is 944. The molecule has 3 heterocycles. The Labute approximate surface area is 159 Å². The van der Waals surface area contributed by atoms with Crippen LogP contribution in [0.25, 0.3) is 11.6 Å². The third-order valence-electron chi connectivity index (χ3n) is 4.50. The molecule has 1 saturated heterocycles. The lowest BCUT2D eigenvalue weighted by Crippen LogP contribution is -2.48. The summed E-state index contributed by atoms with van der Waals surface area (Å²) >= 11 is 5.81. The van der Waals surface area contributed by atoms with E-state index >= 15 is 0 Å². The molecule has 2 aromatic heterocycles. The second kappa shape index (κ2) is 7.36. The van der Waals surface area contributed by atoms with Gasteiger partial charge < -0.3 is 13.8 Å². The predicted octanol–water partition coefficient (Wildman–Crippen LogP) is 3.57. The fourth-order valence-corrected chi connectivity index (χ4v) is 3.03. The van der Waals surface area contributed by atoms with Crippen LogP contribution in [0.4, 0.5) is 0 Å². The van der Waals surface area contributed by atoms with Crippen LogP contribution in [-0.2, 0) is 4.79 Å². The predicted molar refractivity (Wildman–Crippen MR) is 96.3 cm³/mol. The summed E-state index contributed by atoms with van der Waals surface area (Å²) in [4.78, 5) is 30.4. The summed E-state index contributed by atoms with van der Waals surface area (Å²) in [5.41, 5.74) is 0.560. The largest absolute Gasteiger partial charge is 0.461 e. The van der Waals surface area contributed by atoms with Crippen LogP contribution in [0.15, 0.2) is 51.6 Å². The first kappa shape index (κ1) is 17.5. The van der Waals surface area contributed by atoms with Gasteiger partial charge in [-0.15, -0.1) is 0 Å². The van der Waals surface area contributed by atoms with Gasteiger partial charge in [0.2, 0.25) is 17.6 Å². The van der Waals surface area contributed by atoms with Crippen molar-refractivity contribution in [2.45, 2.75) is 18.8 Å². The van der Waals surface area contributed by atoms with Crippen LogP contribution in [-0.4, -0.2) is 39.8 Å². The molecule has 138 valence electrons. The summed E-state index contributed by atoms with van der Waals surface area (Å²) in [6.07, 6.45) is 1.89. The summed E-state index contributed by atoms with van der Waals surface area (Å²) in [6, 6.07) is 10.2. The summed E-state index contributed by atoms with van der Waals surface area (Å²) in [5.74, 6) is 1.31. The first-order valence-electron chi connectivity index (χ1n) is 8.54. The molecule has 0 unspecified atom stereocenters. The lowest BCUT2D eigenvalue weighted by atomic mass is 9.98. The number of furan rings is 1. The summed E-state index contributed by atoms with van der Waals surface area (Å²) in [5, 5.41) is 4.47. The molecule has 1 fully saturated rings. The third-order valence-corrected chi connectivity index (χ3v) is 4.75. The molecule has 0 atom stereocenters. The van der Waals surface area contributed by atoms with Crippen LogP contribution in [0.2, 0.25) is 5.02 Å². The summed E-state index contributed by atoms with van der Waals surface area (Å²) in [6.45, 7) is 1.02.